The second kappa shape index (κ2) is 4.93. The molecule has 0 unspecified atom stereocenters. The molecule has 2 aromatic heterocycles. The van der Waals surface area contributed by atoms with Gasteiger partial charge < -0.3 is 15.2 Å². The minimum absolute atomic E-state index is 0.732. The van der Waals surface area contributed by atoms with Crippen LogP contribution in [0.25, 0.3) is 10.6 Å². The van der Waals surface area contributed by atoms with Gasteiger partial charge in [-0.2, -0.15) is 0 Å². The molecule has 4 nitrogen and oxygen atoms in total. The molecule has 0 spiro atoms. The van der Waals surface area contributed by atoms with Gasteiger partial charge in [0.15, 0.2) is 5.76 Å². The Morgan fingerprint density at radius 1 is 1.29 bits per heavy atom. The van der Waals surface area contributed by atoms with Crippen LogP contribution in [-0.4, -0.2) is 11.7 Å². The van der Waals surface area contributed by atoms with Crippen molar-refractivity contribution < 1.29 is 4.52 Å². The first kappa shape index (κ1) is 12.5. The van der Waals surface area contributed by atoms with Gasteiger partial charge in [-0.05, 0) is 29.5 Å². The van der Waals surface area contributed by atoms with E-state index in [1.165, 1.54) is 5.56 Å². The normalized spacial score (nSPS) is 13.6. The van der Waals surface area contributed by atoms with Crippen LogP contribution in [0.1, 0.15) is 11.3 Å². The monoisotopic (exact) mass is 297 g/mol. The predicted molar refractivity (Wildman–Crippen MR) is 85.4 cm³/mol. The minimum Gasteiger partial charge on any atom is -0.397 e. The maximum Gasteiger partial charge on any atom is 0.177 e. The molecule has 0 aliphatic carbocycles. The number of anilines is 2. The van der Waals surface area contributed by atoms with Crippen molar-refractivity contribution in [2.24, 2.45) is 0 Å². The molecule has 1 aromatic carbocycles. The highest BCUT2D eigenvalue weighted by Gasteiger charge is 2.22. The zero-order chi connectivity index (χ0) is 14.2. The van der Waals surface area contributed by atoms with E-state index in [0.29, 0.717) is 0 Å². The van der Waals surface area contributed by atoms with E-state index in [-0.39, 0.29) is 0 Å². The van der Waals surface area contributed by atoms with Crippen LogP contribution in [0.15, 0.2) is 46.3 Å². The lowest BCUT2D eigenvalue weighted by Crippen LogP contribution is -2.20. The van der Waals surface area contributed by atoms with Gasteiger partial charge in [-0.1, -0.05) is 23.4 Å². The average molecular weight is 297 g/mol. The second-order valence-electron chi connectivity index (χ2n) is 5.19. The molecule has 0 saturated heterocycles. The number of hydrogen-bond donors (Lipinski definition) is 1. The van der Waals surface area contributed by atoms with E-state index in [9.17, 15) is 0 Å². The van der Waals surface area contributed by atoms with Crippen molar-refractivity contribution in [1.29, 1.82) is 0 Å². The number of benzene rings is 1. The molecule has 4 rings (SSSR count). The molecule has 0 radical (unpaired) electrons. The molecule has 0 atom stereocenters. The lowest BCUT2D eigenvalue weighted by Gasteiger charge is -2.19. The number of hydrogen-bond acceptors (Lipinski definition) is 5. The molecule has 0 bridgehead atoms. The summed E-state index contributed by atoms with van der Waals surface area (Å²) < 4.78 is 5.44. The van der Waals surface area contributed by atoms with Gasteiger partial charge in [0.2, 0.25) is 0 Å². The Morgan fingerprint density at radius 2 is 2.24 bits per heavy atom. The van der Waals surface area contributed by atoms with Gasteiger partial charge >= 0.3 is 0 Å². The molecule has 0 fully saturated rings. The largest absolute Gasteiger partial charge is 0.397 e. The maximum atomic E-state index is 6.11. The summed E-state index contributed by atoms with van der Waals surface area (Å²) in [5.41, 5.74) is 10.4. The Balaban J connectivity index is 1.59. The Morgan fingerprint density at radius 3 is 3.10 bits per heavy atom. The first-order valence-corrected chi connectivity index (χ1v) is 7.81. The Bertz CT molecular complexity index is 764. The Hall–Kier alpha value is -2.27. The number of fused-ring (bicyclic) bond motifs is 1. The molecule has 21 heavy (non-hydrogen) atoms. The minimum atomic E-state index is 0.732. The molecular formula is C16H15N3OS. The first-order chi connectivity index (χ1) is 10.3. The van der Waals surface area contributed by atoms with Crippen molar-refractivity contribution in [3.8, 4) is 10.6 Å². The molecule has 3 aromatic rings. The summed E-state index contributed by atoms with van der Waals surface area (Å²) in [6.07, 6.45) is 1.04. The lowest BCUT2D eigenvalue weighted by atomic mass is 10.1. The van der Waals surface area contributed by atoms with E-state index in [0.717, 1.165) is 47.2 Å². The summed E-state index contributed by atoms with van der Waals surface area (Å²) >= 11 is 1.66. The standard InChI is InChI=1S/C16H15N3OS/c17-13-4-1-3-11-6-7-19(16(11)13)10-12-9-14(20-18-12)15-5-2-8-21-15/h1-5,8-9H,6-7,10,17H2. The van der Waals surface area contributed by atoms with Crippen LogP contribution in [0.2, 0.25) is 0 Å². The molecule has 0 amide bonds. The van der Waals surface area contributed by atoms with Crippen LogP contribution in [0, 0.1) is 0 Å². The Kier molecular flexibility index (Phi) is 2.93. The topological polar surface area (TPSA) is 55.3 Å². The van der Waals surface area contributed by atoms with Crippen molar-refractivity contribution in [2.45, 2.75) is 13.0 Å². The van der Waals surface area contributed by atoms with E-state index in [4.69, 9.17) is 10.3 Å². The summed E-state index contributed by atoms with van der Waals surface area (Å²) in [4.78, 5) is 3.39. The van der Waals surface area contributed by atoms with Gasteiger partial charge in [-0.25, -0.2) is 0 Å². The summed E-state index contributed by atoms with van der Waals surface area (Å²) in [7, 11) is 0. The molecule has 3 heterocycles. The van der Waals surface area contributed by atoms with E-state index < -0.39 is 0 Å². The maximum absolute atomic E-state index is 6.11. The zero-order valence-corrected chi connectivity index (χ0v) is 12.3. The number of rotatable bonds is 3. The van der Waals surface area contributed by atoms with Gasteiger partial charge in [0.1, 0.15) is 5.69 Å². The highest BCUT2D eigenvalue weighted by molar-refractivity contribution is 7.13. The van der Waals surface area contributed by atoms with Gasteiger partial charge in [-0.3, -0.25) is 0 Å². The van der Waals surface area contributed by atoms with E-state index in [1.807, 2.05) is 35.7 Å². The van der Waals surface area contributed by atoms with Gasteiger partial charge in [-0.15, -0.1) is 11.3 Å². The van der Waals surface area contributed by atoms with Crippen LogP contribution in [0.4, 0.5) is 11.4 Å². The van der Waals surface area contributed by atoms with E-state index in [1.54, 1.807) is 11.3 Å². The van der Waals surface area contributed by atoms with E-state index in [2.05, 4.69) is 16.1 Å². The molecule has 2 N–H and O–H groups in total. The third-order valence-electron chi connectivity index (χ3n) is 3.79. The molecule has 1 aliphatic rings. The number of nitrogens with zero attached hydrogens (tertiary/aromatic N) is 2. The van der Waals surface area contributed by atoms with Crippen molar-refractivity contribution in [3.05, 3.63) is 53.0 Å². The smallest absolute Gasteiger partial charge is 0.177 e. The number of aromatic nitrogens is 1. The molecule has 106 valence electrons. The summed E-state index contributed by atoms with van der Waals surface area (Å²) in [6.45, 7) is 1.71. The van der Waals surface area contributed by atoms with E-state index >= 15 is 0 Å². The fraction of sp³-hybridized carbons (Fsp3) is 0.188. The fourth-order valence-corrected chi connectivity index (χ4v) is 3.51. The second-order valence-corrected chi connectivity index (χ2v) is 6.13. The van der Waals surface area contributed by atoms with Crippen molar-refractivity contribution in [2.75, 3.05) is 17.2 Å². The Labute approximate surface area is 126 Å². The number of nitrogen functional groups attached to an aromatic ring is 1. The highest BCUT2D eigenvalue weighted by Crippen LogP contribution is 2.35. The summed E-state index contributed by atoms with van der Waals surface area (Å²) in [5, 5.41) is 6.22. The quantitative estimate of drug-likeness (QED) is 0.751. The van der Waals surface area contributed by atoms with Crippen LogP contribution in [0.3, 0.4) is 0 Å². The number of para-hydroxylation sites is 1. The number of nitrogens with two attached hydrogens (primary N) is 1. The summed E-state index contributed by atoms with van der Waals surface area (Å²) in [5.74, 6) is 0.834. The fourth-order valence-electron chi connectivity index (χ4n) is 2.84. The third-order valence-corrected chi connectivity index (χ3v) is 4.68. The van der Waals surface area contributed by atoms with Crippen LogP contribution in [0.5, 0.6) is 0 Å². The predicted octanol–water partition coefficient (Wildman–Crippen LogP) is 3.55. The van der Waals surface area contributed by atoms with Gasteiger partial charge in [0, 0.05) is 12.6 Å². The third kappa shape index (κ3) is 2.19. The molecule has 0 saturated carbocycles. The van der Waals surface area contributed by atoms with Gasteiger partial charge in [0.05, 0.1) is 22.8 Å². The van der Waals surface area contributed by atoms with Crippen molar-refractivity contribution in [3.63, 3.8) is 0 Å². The zero-order valence-electron chi connectivity index (χ0n) is 11.5. The van der Waals surface area contributed by atoms with Crippen molar-refractivity contribution >= 4 is 22.7 Å². The SMILES string of the molecule is Nc1cccc2c1N(Cc1cc(-c3cccs3)on1)CC2. The number of thiophene rings is 1. The molecular weight excluding hydrogens is 282 g/mol. The molecule has 5 heteroatoms. The highest BCUT2D eigenvalue weighted by atomic mass is 32.1. The van der Waals surface area contributed by atoms with Crippen molar-refractivity contribution in [1.82, 2.24) is 5.16 Å². The van der Waals surface area contributed by atoms with Crippen LogP contribution in [-0.2, 0) is 13.0 Å². The summed E-state index contributed by atoms with van der Waals surface area (Å²) in [6, 6.07) is 12.2. The average Bonchev–Trinajstić information content (AvgIpc) is 3.19. The first-order valence-electron chi connectivity index (χ1n) is 6.93. The lowest BCUT2D eigenvalue weighted by molar-refractivity contribution is 0.423. The van der Waals surface area contributed by atoms with Crippen LogP contribution < -0.4 is 10.6 Å². The van der Waals surface area contributed by atoms with Crippen LogP contribution >= 0.6 is 11.3 Å². The van der Waals surface area contributed by atoms with Gasteiger partial charge in [0.25, 0.3) is 0 Å². The molecule has 1 aliphatic heterocycles.